The molecule has 0 spiro atoms. The number of carbonyl (C=O) groups excluding carboxylic acids is 2. The van der Waals surface area contributed by atoms with Gasteiger partial charge in [0.2, 0.25) is 11.8 Å². The molecule has 20 heavy (non-hydrogen) atoms. The number of hydrogen-bond acceptors (Lipinski definition) is 3. The van der Waals surface area contributed by atoms with Crippen molar-refractivity contribution in [3.63, 3.8) is 0 Å². The van der Waals surface area contributed by atoms with Crippen molar-refractivity contribution in [2.45, 2.75) is 51.5 Å². The summed E-state index contributed by atoms with van der Waals surface area (Å²) in [6.45, 7) is 4.42. The van der Waals surface area contributed by atoms with Gasteiger partial charge in [-0.05, 0) is 19.3 Å². The fraction of sp³-hybridized carbons (Fsp3) is 0.867. The Bertz CT molecular complexity index is 359. The first kappa shape index (κ1) is 15.3. The third-order valence-electron chi connectivity index (χ3n) is 4.64. The zero-order valence-corrected chi connectivity index (χ0v) is 12.5. The average Bonchev–Trinajstić information content (AvgIpc) is 2.78. The number of amides is 2. The summed E-state index contributed by atoms with van der Waals surface area (Å²) in [5.41, 5.74) is 6.19. The summed E-state index contributed by atoms with van der Waals surface area (Å²) >= 11 is 0. The fourth-order valence-corrected chi connectivity index (χ4v) is 3.33. The number of rotatable bonds is 1. The van der Waals surface area contributed by atoms with Gasteiger partial charge < -0.3 is 15.5 Å². The lowest BCUT2D eigenvalue weighted by Crippen LogP contribution is -2.45. The summed E-state index contributed by atoms with van der Waals surface area (Å²) in [7, 11) is 0. The lowest BCUT2D eigenvalue weighted by atomic mass is 9.94. The third-order valence-corrected chi connectivity index (χ3v) is 4.64. The van der Waals surface area contributed by atoms with E-state index in [1.807, 2.05) is 9.80 Å². The van der Waals surface area contributed by atoms with Crippen molar-refractivity contribution >= 4 is 11.8 Å². The Morgan fingerprint density at radius 2 is 1.55 bits per heavy atom. The van der Waals surface area contributed by atoms with Gasteiger partial charge in [-0.2, -0.15) is 0 Å². The van der Waals surface area contributed by atoms with E-state index in [0.717, 1.165) is 45.2 Å². The van der Waals surface area contributed by atoms with Crippen molar-refractivity contribution in [2.75, 3.05) is 26.2 Å². The second-order valence-electron chi connectivity index (χ2n) is 6.09. The van der Waals surface area contributed by atoms with E-state index in [1.165, 1.54) is 6.42 Å². The largest absolute Gasteiger partial charge is 0.341 e. The van der Waals surface area contributed by atoms with E-state index in [0.29, 0.717) is 13.1 Å². The molecule has 2 amide bonds. The molecule has 114 valence electrons. The molecule has 1 saturated heterocycles. The number of nitrogens with two attached hydrogens (primary N) is 1. The van der Waals surface area contributed by atoms with Crippen molar-refractivity contribution in [1.29, 1.82) is 0 Å². The smallest absolute Gasteiger partial charge is 0.227 e. The minimum Gasteiger partial charge on any atom is -0.341 e. The second-order valence-corrected chi connectivity index (χ2v) is 6.09. The van der Waals surface area contributed by atoms with E-state index in [-0.39, 0.29) is 23.8 Å². The molecule has 0 aromatic rings. The maximum atomic E-state index is 12.7. The summed E-state index contributed by atoms with van der Waals surface area (Å²) in [6, 6.07) is 0.0113. The Kier molecular flexibility index (Phi) is 5.40. The fourth-order valence-electron chi connectivity index (χ4n) is 3.33. The summed E-state index contributed by atoms with van der Waals surface area (Å²) in [5.74, 6) is 0.302. The van der Waals surface area contributed by atoms with Gasteiger partial charge in [-0.15, -0.1) is 0 Å². The first-order valence-electron chi connectivity index (χ1n) is 7.89. The Hall–Kier alpha value is -1.10. The molecule has 1 saturated carbocycles. The molecule has 1 aliphatic heterocycles. The lowest BCUT2D eigenvalue weighted by Gasteiger charge is -2.28. The van der Waals surface area contributed by atoms with Crippen LogP contribution in [0.3, 0.4) is 0 Å². The molecular weight excluding hydrogens is 254 g/mol. The molecule has 0 bridgehead atoms. The Labute approximate surface area is 121 Å². The highest BCUT2D eigenvalue weighted by atomic mass is 16.2. The van der Waals surface area contributed by atoms with Crippen LogP contribution in [0.25, 0.3) is 0 Å². The molecule has 2 rings (SSSR count). The van der Waals surface area contributed by atoms with Crippen molar-refractivity contribution in [3.8, 4) is 0 Å². The molecular formula is C15H27N3O2. The van der Waals surface area contributed by atoms with Gasteiger partial charge in [0.25, 0.3) is 0 Å². The normalized spacial score (nSPS) is 28.7. The molecule has 2 atom stereocenters. The summed E-state index contributed by atoms with van der Waals surface area (Å²) in [6.07, 6.45) is 6.19. The molecule has 0 aromatic carbocycles. The van der Waals surface area contributed by atoms with Crippen LogP contribution in [0, 0.1) is 5.92 Å². The van der Waals surface area contributed by atoms with Crippen LogP contribution in [-0.4, -0.2) is 53.8 Å². The monoisotopic (exact) mass is 281 g/mol. The maximum Gasteiger partial charge on any atom is 0.227 e. The standard InChI is InChI=1S/C15H27N3O2/c1-12(19)17-8-5-9-18(11-10-17)15(20)13-6-3-2-4-7-14(13)16/h13-14H,2-11,16H2,1H3. The second kappa shape index (κ2) is 7.07. The molecule has 2 aliphatic rings. The highest BCUT2D eigenvalue weighted by Gasteiger charge is 2.31. The molecule has 5 nitrogen and oxygen atoms in total. The zero-order valence-electron chi connectivity index (χ0n) is 12.5. The highest BCUT2D eigenvalue weighted by molar-refractivity contribution is 5.80. The Morgan fingerprint density at radius 1 is 0.900 bits per heavy atom. The van der Waals surface area contributed by atoms with Crippen LogP contribution >= 0.6 is 0 Å². The average molecular weight is 281 g/mol. The number of nitrogens with zero attached hydrogens (tertiary/aromatic N) is 2. The van der Waals surface area contributed by atoms with E-state index in [9.17, 15) is 9.59 Å². The van der Waals surface area contributed by atoms with Gasteiger partial charge in [-0.1, -0.05) is 19.3 Å². The van der Waals surface area contributed by atoms with E-state index in [2.05, 4.69) is 0 Å². The van der Waals surface area contributed by atoms with Gasteiger partial charge in [0, 0.05) is 39.1 Å². The van der Waals surface area contributed by atoms with Gasteiger partial charge >= 0.3 is 0 Å². The maximum absolute atomic E-state index is 12.7. The number of hydrogen-bond donors (Lipinski definition) is 1. The van der Waals surface area contributed by atoms with Crippen LogP contribution in [0.4, 0.5) is 0 Å². The summed E-state index contributed by atoms with van der Waals surface area (Å²) in [4.78, 5) is 27.9. The molecule has 2 N–H and O–H groups in total. The molecule has 0 radical (unpaired) electrons. The quantitative estimate of drug-likeness (QED) is 0.728. The minimum absolute atomic E-state index is 0.0113. The molecule has 2 unspecified atom stereocenters. The van der Waals surface area contributed by atoms with Crippen molar-refractivity contribution in [1.82, 2.24) is 9.80 Å². The SMILES string of the molecule is CC(=O)N1CCCN(C(=O)C2CCCCCC2N)CC1. The molecule has 0 aromatic heterocycles. The van der Waals surface area contributed by atoms with E-state index in [1.54, 1.807) is 6.92 Å². The summed E-state index contributed by atoms with van der Waals surface area (Å²) < 4.78 is 0. The van der Waals surface area contributed by atoms with Crippen LogP contribution in [0.5, 0.6) is 0 Å². The topological polar surface area (TPSA) is 66.6 Å². The van der Waals surface area contributed by atoms with Crippen molar-refractivity contribution in [3.05, 3.63) is 0 Å². The number of carbonyl (C=O) groups is 2. The Balaban J connectivity index is 1.95. The predicted octanol–water partition coefficient (Wildman–Crippen LogP) is 0.975. The van der Waals surface area contributed by atoms with E-state index >= 15 is 0 Å². The highest BCUT2D eigenvalue weighted by Crippen LogP contribution is 2.24. The van der Waals surface area contributed by atoms with Crippen LogP contribution in [-0.2, 0) is 9.59 Å². The third kappa shape index (κ3) is 3.72. The first-order valence-corrected chi connectivity index (χ1v) is 7.89. The minimum atomic E-state index is -0.0126. The molecule has 1 heterocycles. The van der Waals surface area contributed by atoms with Gasteiger partial charge in [-0.3, -0.25) is 9.59 Å². The van der Waals surface area contributed by atoms with Gasteiger partial charge in [0.15, 0.2) is 0 Å². The molecule has 5 heteroatoms. The Morgan fingerprint density at radius 3 is 2.30 bits per heavy atom. The van der Waals surface area contributed by atoms with Crippen molar-refractivity contribution in [2.24, 2.45) is 11.7 Å². The van der Waals surface area contributed by atoms with Crippen molar-refractivity contribution < 1.29 is 9.59 Å². The predicted molar refractivity (Wildman–Crippen MR) is 78.0 cm³/mol. The molecule has 1 aliphatic carbocycles. The van der Waals surface area contributed by atoms with Crippen LogP contribution < -0.4 is 5.73 Å². The van der Waals surface area contributed by atoms with Gasteiger partial charge in [-0.25, -0.2) is 0 Å². The van der Waals surface area contributed by atoms with E-state index < -0.39 is 0 Å². The van der Waals surface area contributed by atoms with Crippen LogP contribution in [0.2, 0.25) is 0 Å². The van der Waals surface area contributed by atoms with Crippen LogP contribution in [0.1, 0.15) is 45.4 Å². The van der Waals surface area contributed by atoms with Crippen LogP contribution in [0.15, 0.2) is 0 Å². The lowest BCUT2D eigenvalue weighted by molar-refractivity contribution is -0.137. The van der Waals surface area contributed by atoms with Gasteiger partial charge in [0.05, 0.1) is 5.92 Å². The first-order chi connectivity index (χ1) is 9.59. The van der Waals surface area contributed by atoms with Gasteiger partial charge in [0.1, 0.15) is 0 Å². The summed E-state index contributed by atoms with van der Waals surface area (Å²) in [5, 5.41) is 0. The zero-order chi connectivity index (χ0) is 14.5. The molecule has 2 fully saturated rings. The van der Waals surface area contributed by atoms with E-state index in [4.69, 9.17) is 5.73 Å².